The van der Waals surface area contributed by atoms with Gasteiger partial charge < -0.3 is 17.2 Å². The van der Waals surface area contributed by atoms with E-state index in [0.717, 1.165) is 0 Å². The van der Waals surface area contributed by atoms with Gasteiger partial charge in [0.05, 0.1) is 4.92 Å². The van der Waals surface area contributed by atoms with Gasteiger partial charge in [0.15, 0.2) is 5.96 Å². The molecule has 0 radical (unpaired) electrons. The van der Waals surface area contributed by atoms with Crippen LogP contribution >= 0.6 is 11.6 Å². The molecule has 90 valence electrons. The highest BCUT2D eigenvalue weighted by atomic mass is 35.5. The summed E-state index contributed by atoms with van der Waals surface area (Å²) in [6.45, 7) is 0. The molecule has 0 unspecified atom stereocenters. The van der Waals surface area contributed by atoms with Gasteiger partial charge in [0.1, 0.15) is 5.69 Å². The van der Waals surface area contributed by atoms with Gasteiger partial charge in [0.2, 0.25) is 5.96 Å². The van der Waals surface area contributed by atoms with E-state index >= 15 is 0 Å². The van der Waals surface area contributed by atoms with E-state index in [0.29, 0.717) is 0 Å². The van der Waals surface area contributed by atoms with Crippen molar-refractivity contribution < 1.29 is 4.92 Å². The van der Waals surface area contributed by atoms with Crippen LogP contribution in [0.25, 0.3) is 0 Å². The molecule has 1 aromatic carbocycles. The van der Waals surface area contributed by atoms with E-state index in [1.807, 2.05) is 0 Å². The molecule has 0 amide bonds. The number of hydrogen-bond acceptors (Lipinski definition) is 3. The number of guanidine groups is 2. The second-order valence-corrected chi connectivity index (χ2v) is 3.33. The zero-order valence-electron chi connectivity index (χ0n) is 8.50. The minimum Gasteiger partial charge on any atom is -0.370 e. The third kappa shape index (κ3) is 3.61. The number of aliphatic imine (C=N–C) groups is 2. The van der Waals surface area contributed by atoms with Crippen molar-refractivity contribution >= 4 is 34.9 Å². The van der Waals surface area contributed by atoms with Crippen molar-refractivity contribution in [1.29, 1.82) is 0 Å². The van der Waals surface area contributed by atoms with E-state index in [4.69, 9.17) is 28.8 Å². The number of nitrogens with zero attached hydrogens (tertiary/aromatic N) is 3. The van der Waals surface area contributed by atoms with Gasteiger partial charge in [-0.25, -0.2) is 4.99 Å². The summed E-state index contributed by atoms with van der Waals surface area (Å²) in [6, 6.07) is 3.87. The van der Waals surface area contributed by atoms with Crippen molar-refractivity contribution in [3.05, 3.63) is 33.3 Å². The molecule has 6 N–H and O–H groups in total. The van der Waals surface area contributed by atoms with Crippen molar-refractivity contribution in [2.75, 3.05) is 0 Å². The van der Waals surface area contributed by atoms with Crippen LogP contribution in [-0.4, -0.2) is 16.8 Å². The number of nitro benzene ring substituents is 1. The maximum absolute atomic E-state index is 10.7. The molecule has 0 aliphatic heterocycles. The Morgan fingerprint density at radius 1 is 1.35 bits per heavy atom. The van der Waals surface area contributed by atoms with E-state index in [1.54, 1.807) is 0 Å². The molecular formula is C8H9ClN6O2. The van der Waals surface area contributed by atoms with E-state index < -0.39 is 4.92 Å². The van der Waals surface area contributed by atoms with Crippen molar-refractivity contribution in [1.82, 2.24) is 0 Å². The fourth-order valence-corrected chi connectivity index (χ4v) is 1.19. The minimum absolute atomic E-state index is 0.0231. The molecular weight excluding hydrogens is 248 g/mol. The third-order valence-corrected chi connectivity index (χ3v) is 1.85. The lowest BCUT2D eigenvalue weighted by Crippen LogP contribution is -2.26. The van der Waals surface area contributed by atoms with Crippen molar-refractivity contribution in [2.45, 2.75) is 0 Å². The van der Waals surface area contributed by atoms with Crippen LogP contribution in [0.1, 0.15) is 0 Å². The average Bonchev–Trinajstić information content (AvgIpc) is 2.15. The monoisotopic (exact) mass is 256 g/mol. The molecule has 0 aromatic heterocycles. The Kier molecular flexibility index (Phi) is 3.83. The summed E-state index contributed by atoms with van der Waals surface area (Å²) in [6.07, 6.45) is 0. The summed E-state index contributed by atoms with van der Waals surface area (Å²) in [4.78, 5) is 17.2. The number of nitrogens with two attached hydrogens (primary N) is 3. The van der Waals surface area contributed by atoms with Crippen LogP contribution in [0.3, 0.4) is 0 Å². The normalized spacial score (nSPS) is 11.0. The van der Waals surface area contributed by atoms with Crippen LogP contribution in [-0.2, 0) is 0 Å². The summed E-state index contributed by atoms with van der Waals surface area (Å²) in [5.74, 6) is -0.591. The zero-order valence-corrected chi connectivity index (χ0v) is 9.26. The molecule has 0 aliphatic carbocycles. The number of rotatable bonds is 2. The molecule has 0 aliphatic rings. The van der Waals surface area contributed by atoms with Gasteiger partial charge in [-0.3, -0.25) is 10.1 Å². The average molecular weight is 257 g/mol. The SMILES string of the molecule is NC(N)=NC(N)=Nc1cc(Cl)ccc1[N+](=O)[O-]. The lowest BCUT2D eigenvalue weighted by atomic mass is 10.3. The largest absolute Gasteiger partial charge is 0.370 e. The maximum atomic E-state index is 10.7. The van der Waals surface area contributed by atoms with Crippen LogP contribution < -0.4 is 17.2 Å². The molecule has 0 bridgehead atoms. The molecule has 0 atom stereocenters. The Hall–Kier alpha value is -2.35. The fraction of sp³-hybridized carbons (Fsp3) is 0. The van der Waals surface area contributed by atoms with E-state index in [2.05, 4.69) is 9.98 Å². The predicted molar refractivity (Wildman–Crippen MR) is 65.2 cm³/mol. The Bertz CT molecular complexity index is 509. The van der Waals surface area contributed by atoms with Gasteiger partial charge in [0, 0.05) is 11.1 Å². The van der Waals surface area contributed by atoms with Gasteiger partial charge in [0.25, 0.3) is 5.69 Å². The highest BCUT2D eigenvalue weighted by Crippen LogP contribution is 2.30. The Labute approximate surface area is 101 Å². The van der Waals surface area contributed by atoms with E-state index in [1.165, 1.54) is 18.2 Å². The molecule has 9 heteroatoms. The Morgan fingerprint density at radius 2 is 2.00 bits per heavy atom. The van der Waals surface area contributed by atoms with Gasteiger partial charge in [-0.15, -0.1) is 0 Å². The first kappa shape index (κ1) is 12.7. The summed E-state index contributed by atoms with van der Waals surface area (Å²) in [5, 5.41) is 11.0. The number of halogens is 1. The molecule has 0 saturated heterocycles. The Balaban J connectivity index is 3.25. The summed E-state index contributed by atoms with van der Waals surface area (Å²) < 4.78 is 0. The molecule has 17 heavy (non-hydrogen) atoms. The molecule has 8 nitrogen and oxygen atoms in total. The quantitative estimate of drug-likeness (QED) is 0.305. The van der Waals surface area contributed by atoms with Crippen molar-refractivity contribution in [3.63, 3.8) is 0 Å². The molecule has 0 fully saturated rings. The van der Waals surface area contributed by atoms with Crippen LogP contribution in [0.4, 0.5) is 11.4 Å². The van der Waals surface area contributed by atoms with Crippen LogP contribution in [0.15, 0.2) is 28.2 Å². The summed E-state index contributed by atoms with van der Waals surface area (Å²) >= 11 is 5.69. The molecule has 0 heterocycles. The van der Waals surface area contributed by atoms with Gasteiger partial charge in [-0.05, 0) is 12.1 Å². The van der Waals surface area contributed by atoms with Crippen molar-refractivity contribution in [2.24, 2.45) is 27.2 Å². The molecule has 1 rings (SSSR count). The zero-order chi connectivity index (χ0) is 13.0. The Morgan fingerprint density at radius 3 is 2.53 bits per heavy atom. The van der Waals surface area contributed by atoms with Crippen LogP contribution in [0.2, 0.25) is 5.02 Å². The van der Waals surface area contributed by atoms with Gasteiger partial charge >= 0.3 is 0 Å². The summed E-state index contributed by atoms with van der Waals surface area (Å²) in [5.41, 5.74) is 15.3. The highest BCUT2D eigenvalue weighted by molar-refractivity contribution is 6.31. The predicted octanol–water partition coefficient (Wildman–Crippen LogP) is 0.468. The molecule has 0 saturated carbocycles. The third-order valence-electron chi connectivity index (χ3n) is 1.61. The topological polar surface area (TPSA) is 146 Å². The maximum Gasteiger partial charge on any atom is 0.295 e. The second-order valence-electron chi connectivity index (χ2n) is 2.90. The summed E-state index contributed by atoms with van der Waals surface area (Å²) in [7, 11) is 0. The first-order chi connectivity index (χ1) is 7.90. The van der Waals surface area contributed by atoms with Crippen molar-refractivity contribution in [3.8, 4) is 0 Å². The smallest absolute Gasteiger partial charge is 0.295 e. The highest BCUT2D eigenvalue weighted by Gasteiger charge is 2.13. The first-order valence-corrected chi connectivity index (χ1v) is 4.65. The number of nitro groups is 1. The van der Waals surface area contributed by atoms with Crippen LogP contribution in [0.5, 0.6) is 0 Å². The van der Waals surface area contributed by atoms with E-state index in [-0.39, 0.29) is 28.3 Å². The molecule has 0 spiro atoms. The lowest BCUT2D eigenvalue weighted by Gasteiger charge is -1.99. The minimum atomic E-state index is -0.613. The van der Waals surface area contributed by atoms with Crippen LogP contribution in [0, 0.1) is 10.1 Å². The number of benzene rings is 1. The first-order valence-electron chi connectivity index (χ1n) is 4.28. The number of hydrogen-bond donors (Lipinski definition) is 3. The molecule has 1 aromatic rings. The van der Waals surface area contributed by atoms with E-state index in [9.17, 15) is 10.1 Å². The standard InChI is InChI=1S/C8H9ClN6O2/c9-4-1-2-6(15(16)17)5(3-4)13-8(12)14-7(10)11/h1-3H,(H6,10,11,12,13,14). The lowest BCUT2D eigenvalue weighted by molar-refractivity contribution is -0.384. The van der Waals surface area contributed by atoms with Gasteiger partial charge in [-0.1, -0.05) is 11.6 Å². The van der Waals surface area contributed by atoms with Gasteiger partial charge in [-0.2, -0.15) is 4.99 Å². The fourth-order valence-electron chi connectivity index (χ4n) is 1.02. The second kappa shape index (κ2) is 5.12.